The van der Waals surface area contributed by atoms with E-state index in [0.717, 1.165) is 6.20 Å². The molecule has 196 valence electrons. The van der Waals surface area contributed by atoms with Gasteiger partial charge in [-0.15, -0.1) is 0 Å². The Hall–Kier alpha value is -3.87. The van der Waals surface area contributed by atoms with Crippen molar-refractivity contribution in [1.29, 1.82) is 0 Å². The number of aliphatic hydroxyl groups is 1. The molecule has 5 rings (SSSR count). The number of rotatable bonds is 4. The number of hydrogen-bond donors (Lipinski definition) is 4. The van der Waals surface area contributed by atoms with E-state index < -0.39 is 23.9 Å². The molecule has 3 aromatic rings. The molecule has 0 saturated carbocycles. The van der Waals surface area contributed by atoms with Crippen molar-refractivity contribution in [2.75, 3.05) is 31.5 Å². The molecule has 2 atom stereocenters. The average Bonchev–Trinajstić information content (AvgIpc) is 3.49. The number of benzene rings is 1. The van der Waals surface area contributed by atoms with Crippen LogP contribution in [0.3, 0.4) is 0 Å². The topological polar surface area (TPSA) is 135 Å². The molecule has 1 aromatic carbocycles. The fraction of sp³-hybridized carbons (Fsp3) is 0.417. The Kier molecular flexibility index (Phi) is 6.40. The van der Waals surface area contributed by atoms with Crippen molar-refractivity contribution in [3.05, 3.63) is 41.7 Å². The van der Waals surface area contributed by atoms with E-state index in [2.05, 4.69) is 20.3 Å². The number of likely N-dealkylation sites (tertiary alicyclic amines) is 2. The molecule has 2 fully saturated rings. The summed E-state index contributed by atoms with van der Waals surface area (Å²) in [5.74, 6) is -0.295. The maximum atomic E-state index is 13.9. The number of aromatic amines is 1. The van der Waals surface area contributed by atoms with Crippen LogP contribution in [0.4, 0.5) is 23.9 Å². The normalized spacial score (nSPS) is 20.4. The number of aliphatic hydroxyl groups excluding tert-OH is 1. The van der Waals surface area contributed by atoms with Gasteiger partial charge in [-0.2, -0.15) is 13.2 Å². The van der Waals surface area contributed by atoms with Crippen LogP contribution in [0.15, 0.2) is 30.6 Å². The van der Waals surface area contributed by atoms with Crippen LogP contribution in [0.2, 0.25) is 0 Å². The molecular weight excluding hydrogens is 493 g/mol. The van der Waals surface area contributed by atoms with Gasteiger partial charge >= 0.3 is 12.3 Å². The second-order valence-electron chi connectivity index (χ2n) is 9.32. The van der Waals surface area contributed by atoms with Gasteiger partial charge in [0.25, 0.3) is 5.91 Å². The largest absolute Gasteiger partial charge is 0.465 e. The molecule has 13 heteroatoms. The molecule has 2 saturated heterocycles. The van der Waals surface area contributed by atoms with Crippen LogP contribution in [0.5, 0.6) is 0 Å². The Bertz CT molecular complexity index is 1340. The quantitative estimate of drug-likeness (QED) is 0.416. The number of carboxylic acid groups (broad SMARTS) is 1. The maximum Gasteiger partial charge on any atom is 0.419 e. The highest BCUT2D eigenvalue weighted by Crippen LogP contribution is 2.39. The summed E-state index contributed by atoms with van der Waals surface area (Å²) in [4.78, 5) is 37.9. The van der Waals surface area contributed by atoms with Crippen molar-refractivity contribution in [2.24, 2.45) is 0 Å². The predicted octanol–water partition coefficient (Wildman–Crippen LogP) is 3.40. The van der Waals surface area contributed by atoms with Crippen LogP contribution in [-0.4, -0.2) is 85.3 Å². The highest BCUT2D eigenvalue weighted by Gasteiger charge is 2.36. The predicted molar refractivity (Wildman–Crippen MR) is 127 cm³/mol. The van der Waals surface area contributed by atoms with E-state index in [-0.39, 0.29) is 42.2 Å². The van der Waals surface area contributed by atoms with E-state index in [1.807, 2.05) is 0 Å². The molecule has 4 heterocycles. The highest BCUT2D eigenvalue weighted by molar-refractivity contribution is 6.02. The summed E-state index contributed by atoms with van der Waals surface area (Å²) in [6.07, 6.45) is -2.47. The number of amides is 2. The first kappa shape index (κ1) is 24.8. The molecule has 2 aliphatic heterocycles. The Morgan fingerprint density at radius 1 is 1.14 bits per heavy atom. The highest BCUT2D eigenvalue weighted by atomic mass is 19.4. The van der Waals surface area contributed by atoms with Crippen molar-refractivity contribution < 1.29 is 33.0 Å². The van der Waals surface area contributed by atoms with E-state index in [1.165, 1.54) is 16.0 Å². The lowest BCUT2D eigenvalue weighted by molar-refractivity contribution is -0.137. The number of nitrogens with one attached hydrogen (secondary N) is 2. The van der Waals surface area contributed by atoms with Gasteiger partial charge in [0.15, 0.2) is 0 Å². The molecule has 2 amide bonds. The first-order chi connectivity index (χ1) is 17.6. The van der Waals surface area contributed by atoms with Gasteiger partial charge < -0.3 is 30.3 Å². The number of carbonyl (C=O) groups is 2. The van der Waals surface area contributed by atoms with E-state index in [4.69, 9.17) is 0 Å². The number of aromatic nitrogens is 3. The SMILES string of the molecule is O=C(O)N1CCC[C@H](Nc2ncc(C(F)(F)F)c(-c3c[nH]c4cc(C(=O)N5CC[C@@H](O)C5)ccc34)n2)C1. The number of fused-ring (bicyclic) bond motifs is 1. The molecule has 4 N–H and O–H groups in total. The van der Waals surface area contributed by atoms with Crippen molar-refractivity contribution in [2.45, 2.75) is 37.6 Å². The van der Waals surface area contributed by atoms with Crippen LogP contribution < -0.4 is 5.32 Å². The molecule has 0 unspecified atom stereocenters. The van der Waals surface area contributed by atoms with Gasteiger partial charge in [0, 0.05) is 66.6 Å². The number of alkyl halides is 3. The standard InChI is InChI=1S/C24H25F3N6O4/c25-24(26,27)18-10-29-22(30-14-2-1-6-33(11-14)23(36)37)31-20(18)17-9-28-19-8-13(3-4-16(17)19)21(35)32-7-5-15(34)12-32/h3-4,8-10,14-15,28,34H,1-2,5-7,11-12H2,(H,36,37)(H,29,30,31)/t14-,15+/m0/s1. The third-order valence-electron chi connectivity index (χ3n) is 6.75. The number of H-pyrrole nitrogens is 1. The molecule has 0 aliphatic carbocycles. The van der Waals surface area contributed by atoms with Crippen LogP contribution in [0, 0.1) is 0 Å². The Morgan fingerprint density at radius 2 is 1.95 bits per heavy atom. The molecular formula is C24H25F3N6O4. The third-order valence-corrected chi connectivity index (χ3v) is 6.75. The molecule has 2 aliphatic rings. The Morgan fingerprint density at radius 3 is 2.65 bits per heavy atom. The zero-order valence-corrected chi connectivity index (χ0v) is 19.6. The van der Waals surface area contributed by atoms with Gasteiger partial charge in [0.2, 0.25) is 5.95 Å². The number of anilines is 1. The van der Waals surface area contributed by atoms with Crippen molar-refractivity contribution in [3.8, 4) is 11.3 Å². The number of nitrogens with zero attached hydrogens (tertiary/aromatic N) is 4. The molecule has 0 radical (unpaired) electrons. The van der Waals surface area contributed by atoms with Crippen LogP contribution >= 0.6 is 0 Å². The van der Waals surface area contributed by atoms with Crippen molar-refractivity contribution >= 4 is 28.9 Å². The average molecular weight is 518 g/mol. The number of hydrogen-bond acceptors (Lipinski definition) is 6. The van der Waals surface area contributed by atoms with Crippen LogP contribution in [0.25, 0.3) is 22.2 Å². The summed E-state index contributed by atoms with van der Waals surface area (Å²) in [5.41, 5.74) is -0.327. The molecule has 0 spiro atoms. The summed E-state index contributed by atoms with van der Waals surface area (Å²) in [6, 6.07) is 4.35. The summed E-state index contributed by atoms with van der Waals surface area (Å²) in [7, 11) is 0. The van der Waals surface area contributed by atoms with Crippen LogP contribution in [-0.2, 0) is 6.18 Å². The van der Waals surface area contributed by atoms with Crippen molar-refractivity contribution in [3.63, 3.8) is 0 Å². The number of piperidine rings is 1. The van der Waals surface area contributed by atoms with Crippen LogP contribution in [0.1, 0.15) is 35.2 Å². The molecule has 0 bridgehead atoms. The van der Waals surface area contributed by atoms with E-state index in [0.29, 0.717) is 48.8 Å². The van der Waals surface area contributed by atoms with E-state index in [9.17, 15) is 33.0 Å². The number of β-amino-alcohol motifs (C(OH)–C–C–N with tert-alkyl or cyclic N) is 1. The molecule has 37 heavy (non-hydrogen) atoms. The zero-order valence-electron chi connectivity index (χ0n) is 19.6. The second kappa shape index (κ2) is 9.54. The first-order valence-corrected chi connectivity index (χ1v) is 11.9. The number of halogens is 3. The zero-order chi connectivity index (χ0) is 26.3. The fourth-order valence-electron chi connectivity index (χ4n) is 4.88. The summed E-state index contributed by atoms with van der Waals surface area (Å²) < 4.78 is 41.7. The number of carbonyl (C=O) groups excluding carboxylic acids is 1. The lowest BCUT2D eigenvalue weighted by atomic mass is 10.0. The summed E-state index contributed by atoms with van der Waals surface area (Å²) in [6.45, 7) is 1.24. The fourth-order valence-corrected chi connectivity index (χ4v) is 4.88. The summed E-state index contributed by atoms with van der Waals surface area (Å²) >= 11 is 0. The van der Waals surface area contributed by atoms with Crippen molar-refractivity contribution in [1.82, 2.24) is 24.8 Å². The van der Waals surface area contributed by atoms with Gasteiger partial charge in [-0.1, -0.05) is 6.07 Å². The minimum Gasteiger partial charge on any atom is -0.465 e. The molecule has 10 nitrogen and oxygen atoms in total. The van der Waals surface area contributed by atoms with Gasteiger partial charge in [0.05, 0.1) is 11.8 Å². The summed E-state index contributed by atoms with van der Waals surface area (Å²) in [5, 5.41) is 22.4. The monoisotopic (exact) mass is 518 g/mol. The van der Waals surface area contributed by atoms with Gasteiger partial charge in [-0.05, 0) is 31.4 Å². The smallest absolute Gasteiger partial charge is 0.419 e. The third kappa shape index (κ3) is 5.03. The van der Waals surface area contributed by atoms with Gasteiger partial charge in [-0.3, -0.25) is 4.79 Å². The lowest BCUT2D eigenvalue weighted by Gasteiger charge is -2.31. The Labute approximate surface area is 209 Å². The van der Waals surface area contributed by atoms with Gasteiger partial charge in [0.1, 0.15) is 5.56 Å². The molecule has 2 aromatic heterocycles. The lowest BCUT2D eigenvalue weighted by Crippen LogP contribution is -2.44. The van der Waals surface area contributed by atoms with Gasteiger partial charge in [-0.25, -0.2) is 14.8 Å². The minimum absolute atomic E-state index is 0.0334. The minimum atomic E-state index is -4.71. The maximum absolute atomic E-state index is 13.9. The Balaban J connectivity index is 1.47. The first-order valence-electron chi connectivity index (χ1n) is 11.9. The van der Waals surface area contributed by atoms with E-state index >= 15 is 0 Å². The van der Waals surface area contributed by atoms with E-state index in [1.54, 1.807) is 18.2 Å². The second-order valence-corrected chi connectivity index (χ2v) is 9.32.